The van der Waals surface area contributed by atoms with E-state index >= 15 is 0 Å². The highest BCUT2D eigenvalue weighted by Crippen LogP contribution is 2.43. The summed E-state index contributed by atoms with van der Waals surface area (Å²) in [4.78, 5) is 6.54. The summed E-state index contributed by atoms with van der Waals surface area (Å²) in [6.07, 6.45) is -0.914. The molecule has 2 heterocycles. The third-order valence-electron chi connectivity index (χ3n) is 5.36. The number of aliphatic hydroxyl groups excluding tert-OH is 3. The van der Waals surface area contributed by atoms with E-state index < -0.39 is 36.1 Å². The van der Waals surface area contributed by atoms with Crippen LogP contribution in [-0.4, -0.2) is 47.3 Å². The van der Waals surface area contributed by atoms with Crippen molar-refractivity contribution in [2.45, 2.75) is 30.8 Å². The first-order valence-electron chi connectivity index (χ1n) is 8.64. The Kier molecular flexibility index (Phi) is 4.84. The number of nitrogens with one attached hydrogen (secondary N) is 1. The Morgan fingerprint density at radius 1 is 1.25 bits per heavy atom. The molecule has 1 aliphatic rings. The molecule has 0 amide bonds. The normalized spacial score (nSPS) is 26.8. The number of hydrogen-bond donors (Lipinski definition) is 5. The summed E-state index contributed by atoms with van der Waals surface area (Å²) in [7, 11) is 0. The maximum atomic E-state index is 14.4. The molecular weight excluding hydrogens is 391 g/mol. The van der Waals surface area contributed by atoms with Gasteiger partial charge < -0.3 is 30.1 Å². The quantitative estimate of drug-likeness (QED) is 0.331. The van der Waals surface area contributed by atoms with Crippen LogP contribution in [0.25, 0.3) is 11.0 Å². The van der Waals surface area contributed by atoms with Crippen LogP contribution in [0.3, 0.4) is 0 Å². The first-order valence-corrected chi connectivity index (χ1v) is 9.01. The average molecular weight is 409 g/mol. The third-order valence-corrected chi connectivity index (χ3v) is 5.62. The van der Waals surface area contributed by atoms with Gasteiger partial charge in [0.05, 0.1) is 24.6 Å². The Morgan fingerprint density at radius 3 is 2.64 bits per heavy atom. The summed E-state index contributed by atoms with van der Waals surface area (Å²) in [6, 6.07) is 5.86. The molecule has 10 heteroatoms. The second-order valence-electron chi connectivity index (χ2n) is 6.88. The minimum atomic E-state index is -1.24. The Bertz CT molecular complexity index is 1070. The molecular formula is C18H18ClFN4O4. The molecule has 1 fully saturated rings. The number of H-pyrrole nitrogens is 1. The number of rotatable bonds is 3. The SMILES string of the molecule is O/N=c1\nc[nH]c2c1c(F)cn2[C@@H]1C[C@H]([C@H](O)c2ccc(Cl)cc2)[C@@H](O)[C@H]1O. The van der Waals surface area contributed by atoms with E-state index in [-0.39, 0.29) is 22.9 Å². The number of aromatic nitrogens is 3. The Labute approximate surface area is 163 Å². The van der Waals surface area contributed by atoms with Gasteiger partial charge in [0.2, 0.25) is 5.49 Å². The molecule has 0 radical (unpaired) electrons. The number of aromatic amines is 1. The lowest BCUT2D eigenvalue weighted by Gasteiger charge is -2.22. The van der Waals surface area contributed by atoms with Crippen LogP contribution >= 0.6 is 11.6 Å². The Balaban J connectivity index is 1.71. The van der Waals surface area contributed by atoms with E-state index in [1.807, 2.05) is 0 Å². The molecule has 1 saturated carbocycles. The summed E-state index contributed by atoms with van der Waals surface area (Å²) in [5.41, 5.74) is 0.607. The lowest BCUT2D eigenvalue weighted by molar-refractivity contribution is -0.0264. The van der Waals surface area contributed by atoms with Crippen molar-refractivity contribution in [1.29, 1.82) is 0 Å². The zero-order valence-electron chi connectivity index (χ0n) is 14.4. The van der Waals surface area contributed by atoms with Crippen molar-refractivity contribution < 1.29 is 24.9 Å². The molecule has 148 valence electrons. The number of aliphatic hydroxyl groups is 3. The van der Waals surface area contributed by atoms with Crippen molar-refractivity contribution in [3.63, 3.8) is 0 Å². The van der Waals surface area contributed by atoms with Crippen molar-refractivity contribution >= 4 is 22.6 Å². The summed E-state index contributed by atoms with van der Waals surface area (Å²) < 4.78 is 15.9. The fraction of sp³-hybridized carbons (Fsp3) is 0.333. The van der Waals surface area contributed by atoms with E-state index in [9.17, 15) is 19.7 Å². The monoisotopic (exact) mass is 408 g/mol. The van der Waals surface area contributed by atoms with Gasteiger partial charge in [-0.1, -0.05) is 28.9 Å². The number of benzene rings is 1. The van der Waals surface area contributed by atoms with Crippen LogP contribution in [0.2, 0.25) is 5.02 Å². The predicted octanol–water partition coefficient (Wildman–Crippen LogP) is 1.46. The molecule has 0 aliphatic heterocycles. The van der Waals surface area contributed by atoms with E-state index in [0.29, 0.717) is 10.6 Å². The molecule has 0 bridgehead atoms. The first kappa shape index (κ1) is 18.9. The molecule has 5 N–H and O–H groups in total. The summed E-state index contributed by atoms with van der Waals surface area (Å²) in [5.74, 6) is -1.36. The molecule has 8 nitrogen and oxygen atoms in total. The maximum absolute atomic E-state index is 14.4. The van der Waals surface area contributed by atoms with Gasteiger partial charge in [-0.2, -0.15) is 0 Å². The second kappa shape index (κ2) is 7.17. The van der Waals surface area contributed by atoms with Crippen LogP contribution in [0.5, 0.6) is 0 Å². The van der Waals surface area contributed by atoms with Gasteiger partial charge in [0.25, 0.3) is 0 Å². The summed E-state index contributed by atoms with van der Waals surface area (Å²) >= 11 is 5.87. The molecule has 2 aromatic heterocycles. The van der Waals surface area contributed by atoms with Gasteiger partial charge >= 0.3 is 0 Å². The fourth-order valence-electron chi connectivity index (χ4n) is 3.95. The van der Waals surface area contributed by atoms with Crippen LogP contribution in [-0.2, 0) is 0 Å². The Hall–Kier alpha value is -2.46. The van der Waals surface area contributed by atoms with E-state index in [4.69, 9.17) is 16.8 Å². The van der Waals surface area contributed by atoms with Gasteiger partial charge in [0.1, 0.15) is 17.1 Å². The van der Waals surface area contributed by atoms with Gasteiger partial charge in [-0.05, 0) is 24.1 Å². The van der Waals surface area contributed by atoms with Gasteiger partial charge in [0, 0.05) is 17.1 Å². The van der Waals surface area contributed by atoms with E-state index in [1.54, 1.807) is 24.3 Å². The molecule has 4 rings (SSSR count). The van der Waals surface area contributed by atoms with Crippen LogP contribution in [0.1, 0.15) is 24.1 Å². The van der Waals surface area contributed by atoms with Crippen LogP contribution in [0, 0.1) is 11.7 Å². The molecule has 1 aromatic carbocycles. The lowest BCUT2D eigenvalue weighted by Crippen LogP contribution is -2.31. The van der Waals surface area contributed by atoms with E-state index in [0.717, 1.165) is 6.20 Å². The maximum Gasteiger partial charge on any atom is 0.206 e. The molecule has 1 aliphatic carbocycles. The van der Waals surface area contributed by atoms with Gasteiger partial charge in [-0.25, -0.2) is 9.37 Å². The van der Waals surface area contributed by atoms with Crippen molar-refractivity contribution in [3.05, 3.63) is 58.7 Å². The van der Waals surface area contributed by atoms with Crippen molar-refractivity contribution in [1.82, 2.24) is 14.5 Å². The van der Waals surface area contributed by atoms with Crippen molar-refractivity contribution in [2.24, 2.45) is 11.1 Å². The molecule has 0 saturated heterocycles. The number of hydrogen-bond acceptors (Lipinski definition) is 6. The fourth-order valence-corrected chi connectivity index (χ4v) is 4.07. The Morgan fingerprint density at radius 2 is 1.96 bits per heavy atom. The van der Waals surface area contributed by atoms with Gasteiger partial charge in [0.15, 0.2) is 5.82 Å². The lowest BCUT2D eigenvalue weighted by atomic mass is 9.92. The largest absolute Gasteiger partial charge is 0.409 e. The number of halogens is 2. The highest BCUT2D eigenvalue weighted by atomic mass is 35.5. The van der Waals surface area contributed by atoms with Crippen LogP contribution in [0.4, 0.5) is 4.39 Å². The average Bonchev–Trinajstić information content (AvgIpc) is 3.19. The standard InChI is InChI=1S/C18H18ClFN4O4/c19-9-3-1-8(2-4-9)14(25)10-5-12(16(27)15(10)26)24-6-11(20)13-17(23-28)21-7-22-18(13)24/h1-4,6-7,10,12,14-16,25-28H,5H2,(H,21,22,23)/t10-,12-,14-,15-,16+/m1/s1. The molecule has 0 spiro atoms. The molecule has 5 atom stereocenters. The first-order chi connectivity index (χ1) is 13.4. The van der Waals surface area contributed by atoms with E-state index in [1.165, 1.54) is 10.9 Å². The minimum Gasteiger partial charge on any atom is -0.409 e. The summed E-state index contributed by atoms with van der Waals surface area (Å²) in [5, 5.41) is 44.3. The molecule has 3 aromatic rings. The van der Waals surface area contributed by atoms with Crippen molar-refractivity contribution in [2.75, 3.05) is 0 Å². The zero-order valence-corrected chi connectivity index (χ0v) is 15.2. The van der Waals surface area contributed by atoms with E-state index in [2.05, 4.69) is 15.1 Å². The number of nitrogens with zero attached hydrogens (tertiary/aromatic N) is 3. The van der Waals surface area contributed by atoms with Gasteiger partial charge in [-0.3, -0.25) is 0 Å². The number of fused-ring (bicyclic) bond motifs is 1. The molecule has 0 unspecified atom stereocenters. The molecule has 28 heavy (non-hydrogen) atoms. The van der Waals surface area contributed by atoms with Crippen LogP contribution in [0.15, 0.2) is 41.9 Å². The van der Waals surface area contributed by atoms with Crippen molar-refractivity contribution in [3.8, 4) is 0 Å². The highest BCUT2D eigenvalue weighted by molar-refractivity contribution is 6.30. The summed E-state index contributed by atoms with van der Waals surface area (Å²) in [6.45, 7) is 0. The minimum absolute atomic E-state index is 0.0339. The van der Waals surface area contributed by atoms with Gasteiger partial charge in [-0.15, -0.1) is 0 Å². The highest BCUT2D eigenvalue weighted by Gasteiger charge is 2.46. The smallest absolute Gasteiger partial charge is 0.206 e. The zero-order chi connectivity index (χ0) is 20.0. The predicted molar refractivity (Wildman–Crippen MR) is 97.0 cm³/mol. The topological polar surface area (TPSA) is 127 Å². The van der Waals surface area contributed by atoms with Crippen LogP contribution < -0.4 is 5.49 Å². The third kappa shape index (κ3) is 2.96. The second-order valence-corrected chi connectivity index (χ2v) is 7.31.